The van der Waals surface area contributed by atoms with E-state index in [1.165, 1.54) is 7.11 Å². The minimum Gasteiger partial charge on any atom is -0.490 e. The number of nitro groups is 1. The largest absolute Gasteiger partial charge is 0.490 e. The van der Waals surface area contributed by atoms with Gasteiger partial charge in [0.05, 0.1) is 11.5 Å². The monoisotopic (exact) mass is 324 g/mol. The number of benzene rings is 1. The summed E-state index contributed by atoms with van der Waals surface area (Å²) in [5, 5.41) is 21.0. The molecule has 1 aromatic rings. The molecule has 1 rings (SSSR count). The summed E-state index contributed by atoms with van der Waals surface area (Å²) in [6, 6.07) is 0.831. The summed E-state index contributed by atoms with van der Waals surface area (Å²) < 4.78 is 48.3. The molecule has 8 nitrogen and oxygen atoms in total. The first-order valence-electron chi connectivity index (χ1n) is 5.68. The Labute approximate surface area is 121 Å². The van der Waals surface area contributed by atoms with Gasteiger partial charge in [-0.1, -0.05) is 0 Å². The van der Waals surface area contributed by atoms with Gasteiger partial charge in [0.15, 0.2) is 0 Å². The van der Waals surface area contributed by atoms with Crippen molar-refractivity contribution in [2.45, 2.75) is 6.18 Å². The van der Waals surface area contributed by atoms with Crippen molar-refractivity contribution in [2.24, 2.45) is 0 Å². The summed E-state index contributed by atoms with van der Waals surface area (Å²) in [7, 11) is 1.31. The molecule has 0 aliphatic carbocycles. The number of rotatable bonds is 6. The van der Waals surface area contributed by atoms with E-state index >= 15 is 0 Å². The normalized spacial score (nSPS) is 11.1. The standard InChI is InChI=1S/C11H11F3N2O6/c1-21-2-3-22-9-5-7(15-10(17)18)8(16(19)20)4-6(9)11(12,13)14/h4-5,15H,2-3H2,1H3,(H,17,18). The lowest BCUT2D eigenvalue weighted by Crippen LogP contribution is -2.15. The quantitative estimate of drug-likeness (QED) is 0.473. The highest BCUT2D eigenvalue weighted by Gasteiger charge is 2.37. The Morgan fingerprint density at radius 2 is 2.05 bits per heavy atom. The number of hydrogen-bond donors (Lipinski definition) is 2. The molecule has 22 heavy (non-hydrogen) atoms. The molecular weight excluding hydrogens is 313 g/mol. The average molecular weight is 324 g/mol. The first-order chi connectivity index (χ1) is 10.2. The number of amides is 1. The van der Waals surface area contributed by atoms with Crippen LogP contribution in [0.4, 0.5) is 29.3 Å². The van der Waals surface area contributed by atoms with Gasteiger partial charge in [-0.05, 0) is 0 Å². The van der Waals surface area contributed by atoms with Crippen LogP contribution in [0.25, 0.3) is 0 Å². The van der Waals surface area contributed by atoms with E-state index in [-0.39, 0.29) is 19.3 Å². The van der Waals surface area contributed by atoms with Crippen molar-refractivity contribution in [3.8, 4) is 5.75 Å². The van der Waals surface area contributed by atoms with Crippen molar-refractivity contribution >= 4 is 17.5 Å². The molecule has 1 amide bonds. The Kier molecular flexibility index (Phi) is 5.51. The van der Waals surface area contributed by atoms with Gasteiger partial charge in [-0.25, -0.2) is 4.79 Å². The van der Waals surface area contributed by atoms with Crippen molar-refractivity contribution < 1.29 is 37.5 Å². The van der Waals surface area contributed by atoms with E-state index in [2.05, 4.69) is 4.74 Å². The second kappa shape index (κ2) is 6.93. The van der Waals surface area contributed by atoms with Gasteiger partial charge in [-0.3, -0.25) is 15.4 Å². The van der Waals surface area contributed by atoms with E-state index in [1.54, 1.807) is 5.32 Å². The third-order valence-electron chi connectivity index (χ3n) is 2.39. The number of carbonyl (C=O) groups is 1. The van der Waals surface area contributed by atoms with Crippen molar-refractivity contribution in [2.75, 3.05) is 25.6 Å². The van der Waals surface area contributed by atoms with Gasteiger partial charge in [-0.15, -0.1) is 0 Å². The average Bonchev–Trinajstić information content (AvgIpc) is 2.36. The molecule has 11 heteroatoms. The maximum Gasteiger partial charge on any atom is 0.420 e. The molecule has 0 unspecified atom stereocenters. The number of methoxy groups -OCH3 is 1. The van der Waals surface area contributed by atoms with Crippen molar-refractivity contribution in [3.63, 3.8) is 0 Å². The molecule has 0 spiro atoms. The fourth-order valence-corrected chi connectivity index (χ4v) is 1.51. The van der Waals surface area contributed by atoms with Gasteiger partial charge in [0.1, 0.15) is 23.6 Å². The van der Waals surface area contributed by atoms with Crippen LogP contribution in [-0.4, -0.2) is 36.4 Å². The third-order valence-corrected chi connectivity index (χ3v) is 2.39. The van der Waals surface area contributed by atoms with Gasteiger partial charge < -0.3 is 14.6 Å². The lowest BCUT2D eigenvalue weighted by atomic mass is 10.1. The minimum atomic E-state index is -4.91. The van der Waals surface area contributed by atoms with Gasteiger partial charge in [0.2, 0.25) is 0 Å². The van der Waals surface area contributed by atoms with Crippen LogP contribution >= 0.6 is 0 Å². The highest BCUT2D eigenvalue weighted by Crippen LogP contribution is 2.41. The zero-order chi connectivity index (χ0) is 16.9. The van der Waals surface area contributed by atoms with Crippen molar-refractivity contribution in [1.29, 1.82) is 0 Å². The molecule has 0 fully saturated rings. The Morgan fingerprint density at radius 1 is 1.41 bits per heavy atom. The van der Waals surface area contributed by atoms with E-state index in [4.69, 9.17) is 9.84 Å². The molecule has 0 heterocycles. The Balaban J connectivity index is 3.37. The number of halogens is 3. The summed E-state index contributed by atoms with van der Waals surface area (Å²) in [5.41, 5.74) is -3.04. The molecule has 122 valence electrons. The van der Waals surface area contributed by atoms with Crippen LogP contribution in [0.15, 0.2) is 12.1 Å². The van der Waals surface area contributed by atoms with Gasteiger partial charge in [0, 0.05) is 19.2 Å². The second-order valence-electron chi connectivity index (χ2n) is 3.89. The van der Waals surface area contributed by atoms with E-state index < -0.39 is 39.9 Å². The number of nitrogens with zero attached hydrogens (tertiary/aromatic N) is 1. The molecule has 1 aromatic carbocycles. The topological polar surface area (TPSA) is 111 Å². The fourth-order valence-electron chi connectivity index (χ4n) is 1.51. The maximum absolute atomic E-state index is 12.9. The number of nitro benzene ring substituents is 1. The highest BCUT2D eigenvalue weighted by molar-refractivity contribution is 5.87. The van der Waals surface area contributed by atoms with E-state index in [0.29, 0.717) is 6.07 Å². The van der Waals surface area contributed by atoms with E-state index in [9.17, 15) is 28.1 Å². The molecule has 0 aliphatic heterocycles. The van der Waals surface area contributed by atoms with E-state index in [0.717, 1.165) is 0 Å². The van der Waals surface area contributed by atoms with Crippen LogP contribution in [0, 0.1) is 10.1 Å². The Hall–Kier alpha value is -2.56. The number of alkyl halides is 3. The molecule has 0 bridgehead atoms. The lowest BCUT2D eigenvalue weighted by molar-refractivity contribution is -0.384. The summed E-state index contributed by atoms with van der Waals surface area (Å²) in [6.07, 6.45) is -6.57. The summed E-state index contributed by atoms with van der Waals surface area (Å²) in [6.45, 7) is -0.264. The molecule has 0 atom stereocenters. The van der Waals surface area contributed by atoms with Crippen molar-refractivity contribution in [1.82, 2.24) is 0 Å². The summed E-state index contributed by atoms with van der Waals surface area (Å²) in [5.74, 6) is -0.737. The zero-order valence-corrected chi connectivity index (χ0v) is 11.1. The number of carboxylic acid groups (broad SMARTS) is 1. The number of ether oxygens (including phenoxy) is 2. The maximum atomic E-state index is 12.9. The molecule has 0 aliphatic rings. The molecular formula is C11H11F3N2O6. The Morgan fingerprint density at radius 3 is 2.50 bits per heavy atom. The second-order valence-corrected chi connectivity index (χ2v) is 3.89. The van der Waals surface area contributed by atoms with E-state index in [1.807, 2.05) is 0 Å². The molecule has 0 saturated heterocycles. The predicted octanol–water partition coefficient (Wildman–Crippen LogP) is 2.73. The van der Waals surface area contributed by atoms with Crippen LogP contribution in [0.1, 0.15) is 5.56 Å². The van der Waals surface area contributed by atoms with Gasteiger partial charge >= 0.3 is 12.3 Å². The summed E-state index contributed by atoms with van der Waals surface area (Å²) in [4.78, 5) is 20.3. The molecule has 0 radical (unpaired) electrons. The molecule has 2 N–H and O–H groups in total. The van der Waals surface area contributed by atoms with Crippen LogP contribution in [0.5, 0.6) is 5.75 Å². The molecule has 0 aromatic heterocycles. The van der Waals surface area contributed by atoms with Crippen LogP contribution in [-0.2, 0) is 10.9 Å². The number of anilines is 1. The lowest BCUT2D eigenvalue weighted by Gasteiger charge is -2.15. The smallest absolute Gasteiger partial charge is 0.420 e. The third kappa shape index (κ3) is 4.48. The van der Waals surface area contributed by atoms with Gasteiger partial charge in [-0.2, -0.15) is 13.2 Å². The van der Waals surface area contributed by atoms with Crippen molar-refractivity contribution in [3.05, 3.63) is 27.8 Å². The first kappa shape index (κ1) is 17.5. The zero-order valence-electron chi connectivity index (χ0n) is 11.1. The number of hydrogen-bond acceptors (Lipinski definition) is 5. The van der Waals surface area contributed by atoms with Gasteiger partial charge in [0.25, 0.3) is 5.69 Å². The molecule has 0 saturated carbocycles. The predicted molar refractivity (Wildman–Crippen MR) is 67.1 cm³/mol. The van der Waals surface area contributed by atoms with Crippen LogP contribution in [0.3, 0.4) is 0 Å². The fraction of sp³-hybridized carbons (Fsp3) is 0.364. The number of nitrogens with one attached hydrogen (secondary N) is 1. The first-order valence-corrected chi connectivity index (χ1v) is 5.68. The minimum absolute atomic E-state index is 0.0179. The SMILES string of the molecule is COCCOc1cc(NC(=O)O)c([N+](=O)[O-])cc1C(F)(F)F. The Bertz CT molecular complexity index is 576. The van der Waals surface area contributed by atoms with Crippen LogP contribution in [0.2, 0.25) is 0 Å². The highest BCUT2D eigenvalue weighted by atomic mass is 19.4. The van der Waals surface area contributed by atoms with Crippen LogP contribution < -0.4 is 10.1 Å². The summed E-state index contributed by atoms with van der Waals surface area (Å²) >= 11 is 0.